The van der Waals surface area contributed by atoms with Gasteiger partial charge in [0.15, 0.2) is 24.1 Å². The molecule has 1 aromatic carbocycles. The molecule has 1 aliphatic heterocycles. The lowest BCUT2D eigenvalue weighted by Crippen LogP contribution is -2.28. The van der Waals surface area contributed by atoms with Gasteiger partial charge in [0.25, 0.3) is 6.36 Å². The van der Waals surface area contributed by atoms with Crippen molar-refractivity contribution in [2.75, 3.05) is 6.67 Å². The lowest BCUT2D eigenvalue weighted by atomic mass is 9.72. The van der Waals surface area contributed by atoms with Crippen molar-refractivity contribution in [1.29, 1.82) is 0 Å². The van der Waals surface area contributed by atoms with Crippen LogP contribution in [0.4, 0.5) is 17.6 Å². The summed E-state index contributed by atoms with van der Waals surface area (Å²) in [5.41, 5.74) is 0.610. The summed E-state index contributed by atoms with van der Waals surface area (Å²) in [5.74, 6) is -1.00. The minimum atomic E-state index is -2.35. The van der Waals surface area contributed by atoms with E-state index in [1.54, 1.807) is 0 Å². The molecule has 1 aliphatic carbocycles. The molecule has 1 aromatic rings. The fourth-order valence-corrected chi connectivity index (χ4v) is 9.17. The summed E-state index contributed by atoms with van der Waals surface area (Å²) in [6.07, 6.45) is 8.68. The number of halogens is 4. The van der Waals surface area contributed by atoms with Crippen LogP contribution >= 0.6 is 0 Å². The van der Waals surface area contributed by atoms with Crippen LogP contribution in [0.2, 0.25) is 18.1 Å². The van der Waals surface area contributed by atoms with Crippen LogP contribution in [0.25, 0.3) is 0 Å². The zero-order chi connectivity index (χ0) is 21.5. The zero-order valence-electron chi connectivity index (χ0n) is 18.2. The molecule has 0 radical (unpaired) electrons. The average molecular weight is 445 g/mol. The lowest BCUT2D eigenvalue weighted by molar-refractivity contribution is 0.0362. The molecular formula is C24H36F4OSi. The van der Waals surface area contributed by atoms with Gasteiger partial charge in [-0.2, -0.15) is 4.39 Å². The second-order valence-electron chi connectivity index (χ2n) is 9.38. The lowest BCUT2D eigenvalue weighted by Gasteiger charge is -2.37. The summed E-state index contributed by atoms with van der Waals surface area (Å²) in [6, 6.07) is 7.00. The highest BCUT2D eigenvalue weighted by Crippen LogP contribution is 2.44. The van der Waals surface area contributed by atoms with Gasteiger partial charge in [0, 0.05) is 8.80 Å². The van der Waals surface area contributed by atoms with Gasteiger partial charge in [0.1, 0.15) is 0 Å². The maximum Gasteiger partial charge on any atom is 0.266 e. The third kappa shape index (κ3) is 6.24. The first-order chi connectivity index (χ1) is 14.5. The molecule has 0 amide bonds. The predicted molar refractivity (Wildman–Crippen MR) is 116 cm³/mol. The van der Waals surface area contributed by atoms with E-state index in [0.717, 1.165) is 37.5 Å². The van der Waals surface area contributed by atoms with Gasteiger partial charge in [-0.25, -0.2) is 13.2 Å². The van der Waals surface area contributed by atoms with E-state index in [9.17, 15) is 17.6 Å². The van der Waals surface area contributed by atoms with Gasteiger partial charge in [0.2, 0.25) is 0 Å². The second-order valence-corrected chi connectivity index (χ2v) is 12.8. The highest BCUT2D eigenvalue weighted by molar-refractivity contribution is 6.58. The van der Waals surface area contributed by atoms with Gasteiger partial charge in [-0.3, -0.25) is 0 Å². The summed E-state index contributed by atoms with van der Waals surface area (Å²) in [4.78, 5) is 0. The first-order valence-electron chi connectivity index (χ1n) is 11.9. The number of unbranched alkanes of at least 4 members (excludes halogenated alkanes) is 2. The molecule has 1 heterocycles. The van der Waals surface area contributed by atoms with Gasteiger partial charge in [-0.15, -0.1) is 0 Å². The van der Waals surface area contributed by atoms with Crippen molar-refractivity contribution in [3.8, 4) is 5.75 Å². The SMILES string of the molecule is CCCCC[SiH]1CCC(C2CCC(c3cc(F)c(OC(F)CF)c(F)c3)CC2)CC1. The minimum Gasteiger partial charge on any atom is -0.451 e. The molecule has 1 atom stereocenters. The number of ether oxygens (including phenoxy) is 1. The predicted octanol–water partition coefficient (Wildman–Crippen LogP) is 7.71. The Balaban J connectivity index is 1.49. The monoisotopic (exact) mass is 444 g/mol. The normalized spacial score (nSPS) is 28.3. The Labute approximate surface area is 180 Å². The summed E-state index contributed by atoms with van der Waals surface area (Å²) in [7, 11) is -0.487. The molecule has 30 heavy (non-hydrogen) atoms. The van der Waals surface area contributed by atoms with Crippen molar-refractivity contribution < 1.29 is 22.3 Å². The molecule has 1 saturated heterocycles. The fourth-order valence-electron chi connectivity index (χ4n) is 5.64. The fraction of sp³-hybridized carbons (Fsp3) is 0.750. The highest BCUT2D eigenvalue weighted by Gasteiger charge is 2.32. The Hall–Kier alpha value is -1.04. The third-order valence-electron chi connectivity index (χ3n) is 7.40. The Kier molecular flexibility index (Phi) is 9.08. The summed E-state index contributed by atoms with van der Waals surface area (Å²) >= 11 is 0. The molecule has 0 bridgehead atoms. The van der Waals surface area contributed by atoms with Crippen LogP contribution in [0.3, 0.4) is 0 Å². The van der Waals surface area contributed by atoms with Crippen molar-refractivity contribution >= 4 is 8.80 Å². The Morgan fingerprint density at radius 1 is 0.967 bits per heavy atom. The van der Waals surface area contributed by atoms with E-state index in [4.69, 9.17) is 0 Å². The first-order valence-corrected chi connectivity index (χ1v) is 14.3. The standard InChI is InChI=1S/C24H36F4OSi/c1-2-3-4-11-30-12-9-19(10-13-30)17-5-7-18(8-6-17)20-14-21(26)24(22(27)15-20)29-23(28)16-25/h14-15,17-19,23,30H,2-13,16H2,1H3. The largest absolute Gasteiger partial charge is 0.451 e. The van der Waals surface area contributed by atoms with Crippen LogP contribution in [0, 0.1) is 23.5 Å². The number of hydrogen-bond acceptors (Lipinski definition) is 1. The van der Waals surface area contributed by atoms with Crippen molar-refractivity contribution in [2.45, 2.75) is 95.1 Å². The van der Waals surface area contributed by atoms with Crippen molar-refractivity contribution in [3.05, 3.63) is 29.3 Å². The second kappa shape index (κ2) is 11.5. The molecule has 6 heteroatoms. The summed E-state index contributed by atoms with van der Waals surface area (Å²) in [5, 5.41) is 0. The molecule has 170 valence electrons. The van der Waals surface area contributed by atoms with Crippen LogP contribution in [0.1, 0.15) is 76.2 Å². The van der Waals surface area contributed by atoms with E-state index in [2.05, 4.69) is 11.7 Å². The van der Waals surface area contributed by atoms with E-state index in [0.29, 0.717) is 5.56 Å². The Bertz CT molecular complexity index is 632. The maximum atomic E-state index is 14.2. The first kappa shape index (κ1) is 23.6. The number of benzene rings is 1. The molecule has 0 aromatic heterocycles. The van der Waals surface area contributed by atoms with E-state index in [1.165, 1.54) is 62.4 Å². The van der Waals surface area contributed by atoms with E-state index < -0.39 is 39.2 Å². The van der Waals surface area contributed by atoms with Gasteiger partial charge in [-0.1, -0.05) is 57.2 Å². The van der Waals surface area contributed by atoms with Crippen molar-refractivity contribution in [3.63, 3.8) is 0 Å². The molecule has 3 rings (SSSR count). The van der Waals surface area contributed by atoms with Crippen LogP contribution in [-0.4, -0.2) is 21.8 Å². The molecule has 0 N–H and O–H groups in total. The van der Waals surface area contributed by atoms with Crippen molar-refractivity contribution in [1.82, 2.24) is 0 Å². The number of hydrogen-bond donors (Lipinski definition) is 0. The summed E-state index contributed by atoms with van der Waals surface area (Å²) in [6.45, 7) is 0.833. The Morgan fingerprint density at radius 2 is 1.57 bits per heavy atom. The maximum absolute atomic E-state index is 14.2. The van der Waals surface area contributed by atoms with Crippen LogP contribution in [0.5, 0.6) is 5.75 Å². The quantitative estimate of drug-likeness (QED) is 0.215. The number of rotatable bonds is 9. The van der Waals surface area contributed by atoms with Gasteiger partial charge in [0.05, 0.1) is 0 Å². The topological polar surface area (TPSA) is 9.23 Å². The van der Waals surface area contributed by atoms with Crippen LogP contribution in [-0.2, 0) is 0 Å². The van der Waals surface area contributed by atoms with Crippen LogP contribution < -0.4 is 4.74 Å². The molecule has 1 saturated carbocycles. The smallest absolute Gasteiger partial charge is 0.266 e. The molecule has 1 unspecified atom stereocenters. The van der Waals surface area contributed by atoms with Gasteiger partial charge in [-0.05, 0) is 61.1 Å². The highest BCUT2D eigenvalue weighted by atomic mass is 28.3. The van der Waals surface area contributed by atoms with Gasteiger partial charge < -0.3 is 4.74 Å². The van der Waals surface area contributed by atoms with Crippen molar-refractivity contribution in [2.24, 2.45) is 11.8 Å². The average Bonchev–Trinajstić information content (AvgIpc) is 2.76. The third-order valence-corrected chi connectivity index (χ3v) is 10.9. The van der Waals surface area contributed by atoms with Gasteiger partial charge >= 0.3 is 0 Å². The number of alkyl halides is 2. The van der Waals surface area contributed by atoms with E-state index in [-0.39, 0.29) is 5.92 Å². The molecular weight excluding hydrogens is 408 g/mol. The van der Waals surface area contributed by atoms with E-state index in [1.807, 2.05) is 0 Å². The van der Waals surface area contributed by atoms with Crippen LogP contribution in [0.15, 0.2) is 12.1 Å². The molecule has 2 fully saturated rings. The zero-order valence-corrected chi connectivity index (χ0v) is 19.3. The Morgan fingerprint density at radius 3 is 2.13 bits per heavy atom. The molecule has 2 aliphatic rings. The molecule has 0 spiro atoms. The summed E-state index contributed by atoms with van der Waals surface area (Å²) < 4.78 is 58.1. The van der Waals surface area contributed by atoms with E-state index >= 15 is 0 Å². The minimum absolute atomic E-state index is 0.126. The molecule has 1 nitrogen and oxygen atoms in total.